The zero-order valence-corrected chi connectivity index (χ0v) is 12.2. The molecule has 1 aliphatic rings. The van der Waals surface area contributed by atoms with Crippen molar-refractivity contribution in [3.05, 3.63) is 23.9 Å². The lowest BCUT2D eigenvalue weighted by Gasteiger charge is -2.34. The molecule has 0 bridgehead atoms. The number of piperazine rings is 1. The van der Waals surface area contributed by atoms with Crippen LogP contribution in [0.15, 0.2) is 18.2 Å². The van der Waals surface area contributed by atoms with E-state index in [1.165, 1.54) is 31.7 Å². The molecule has 0 radical (unpaired) electrons. The van der Waals surface area contributed by atoms with Gasteiger partial charge in [0, 0.05) is 39.3 Å². The van der Waals surface area contributed by atoms with Crippen LogP contribution in [-0.4, -0.2) is 54.1 Å². The number of rotatable bonds is 6. The number of hydrogen-bond acceptors (Lipinski definition) is 4. The van der Waals surface area contributed by atoms with E-state index < -0.39 is 0 Å². The molecule has 0 saturated carbocycles. The molecule has 4 heteroatoms. The van der Waals surface area contributed by atoms with E-state index >= 15 is 0 Å². The molecule has 0 amide bonds. The van der Waals surface area contributed by atoms with Crippen molar-refractivity contribution in [1.29, 1.82) is 0 Å². The largest absolute Gasteiger partial charge is 0.370 e. The lowest BCUT2D eigenvalue weighted by atomic mass is 10.2. The molecule has 0 aromatic carbocycles. The Morgan fingerprint density at radius 1 is 1.11 bits per heavy atom. The maximum atomic E-state index is 4.65. The molecule has 1 aliphatic heterocycles. The van der Waals surface area contributed by atoms with Gasteiger partial charge in [-0.3, -0.25) is 4.90 Å². The standard InChI is InChI=1S/C15H26N4/c1-3-8-18-9-11-19(12-10-18)13-14-6-5-7-15(17-14)16-4-2/h5-7H,3-4,8-13H2,1-2H3,(H,16,17). The molecule has 1 fully saturated rings. The highest BCUT2D eigenvalue weighted by Gasteiger charge is 2.16. The summed E-state index contributed by atoms with van der Waals surface area (Å²) in [6.45, 7) is 12.2. The van der Waals surface area contributed by atoms with E-state index in [-0.39, 0.29) is 0 Å². The van der Waals surface area contributed by atoms with Crippen molar-refractivity contribution in [2.45, 2.75) is 26.8 Å². The Bertz CT molecular complexity index is 372. The lowest BCUT2D eigenvalue weighted by molar-refractivity contribution is 0.126. The Kier molecular flexibility index (Phi) is 5.61. The highest BCUT2D eigenvalue weighted by Crippen LogP contribution is 2.10. The molecule has 106 valence electrons. The minimum Gasteiger partial charge on any atom is -0.370 e. The van der Waals surface area contributed by atoms with Gasteiger partial charge in [0.2, 0.25) is 0 Å². The molecule has 0 spiro atoms. The van der Waals surface area contributed by atoms with Crippen molar-refractivity contribution in [2.75, 3.05) is 44.6 Å². The Balaban J connectivity index is 1.83. The van der Waals surface area contributed by atoms with Crippen molar-refractivity contribution in [1.82, 2.24) is 14.8 Å². The Labute approximate surface area is 116 Å². The van der Waals surface area contributed by atoms with Crippen LogP contribution in [0.1, 0.15) is 26.0 Å². The van der Waals surface area contributed by atoms with Crippen LogP contribution in [0.5, 0.6) is 0 Å². The second-order valence-electron chi connectivity index (χ2n) is 5.16. The quantitative estimate of drug-likeness (QED) is 0.850. The second-order valence-corrected chi connectivity index (χ2v) is 5.16. The Morgan fingerprint density at radius 3 is 2.53 bits per heavy atom. The fourth-order valence-electron chi connectivity index (χ4n) is 2.56. The first-order chi connectivity index (χ1) is 9.31. The van der Waals surface area contributed by atoms with Crippen LogP contribution in [0.4, 0.5) is 5.82 Å². The highest BCUT2D eigenvalue weighted by molar-refractivity contribution is 5.34. The van der Waals surface area contributed by atoms with Gasteiger partial charge in [0.1, 0.15) is 5.82 Å². The first-order valence-corrected chi connectivity index (χ1v) is 7.46. The monoisotopic (exact) mass is 262 g/mol. The maximum Gasteiger partial charge on any atom is 0.126 e. The summed E-state index contributed by atoms with van der Waals surface area (Å²) in [6, 6.07) is 6.25. The number of pyridine rings is 1. The minimum absolute atomic E-state index is 0.923. The van der Waals surface area contributed by atoms with Crippen molar-refractivity contribution in [3.8, 4) is 0 Å². The van der Waals surface area contributed by atoms with Crippen LogP contribution in [0.25, 0.3) is 0 Å². The van der Waals surface area contributed by atoms with Gasteiger partial charge in [-0.25, -0.2) is 4.98 Å². The summed E-state index contributed by atoms with van der Waals surface area (Å²) in [4.78, 5) is 9.70. The summed E-state index contributed by atoms with van der Waals surface area (Å²) in [5, 5.41) is 3.27. The fraction of sp³-hybridized carbons (Fsp3) is 0.667. The SMILES string of the molecule is CCCN1CCN(Cc2cccc(NCC)n2)CC1. The van der Waals surface area contributed by atoms with Crippen molar-refractivity contribution in [3.63, 3.8) is 0 Å². The van der Waals surface area contributed by atoms with Gasteiger partial charge in [0.25, 0.3) is 0 Å². The summed E-state index contributed by atoms with van der Waals surface area (Å²) >= 11 is 0. The average Bonchev–Trinajstić information content (AvgIpc) is 2.42. The van der Waals surface area contributed by atoms with Crippen LogP contribution in [-0.2, 0) is 6.54 Å². The molecule has 0 unspecified atom stereocenters. The predicted octanol–water partition coefficient (Wildman–Crippen LogP) is 2.04. The molecule has 4 nitrogen and oxygen atoms in total. The molecule has 19 heavy (non-hydrogen) atoms. The molecular formula is C15H26N4. The van der Waals surface area contributed by atoms with Crippen molar-refractivity contribution < 1.29 is 0 Å². The third-order valence-electron chi connectivity index (χ3n) is 3.56. The summed E-state index contributed by atoms with van der Waals surface area (Å²) in [5.74, 6) is 0.990. The van der Waals surface area contributed by atoms with Crippen LogP contribution < -0.4 is 5.32 Å². The van der Waals surface area contributed by atoms with Gasteiger partial charge in [0.15, 0.2) is 0 Å². The van der Waals surface area contributed by atoms with Crippen molar-refractivity contribution in [2.24, 2.45) is 0 Å². The third-order valence-corrected chi connectivity index (χ3v) is 3.56. The molecule has 0 aliphatic carbocycles. The Hall–Kier alpha value is -1.13. The molecular weight excluding hydrogens is 236 g/mol. The van der Waals surface area contributed by atoms with Crippen LogP contribution in [0, 0.1) is 0 Å². The predicted molar refractivity (Wildman–Crippen MR) is 80.4 cm³/mol. The van der Waals surface area contributed by atoms with Gasteiger partial charge < -0.3 is 10.2 Å². The summed E-state index contributed by atoms with van der Waals surface area (Å²) in [7, 11) is 0. The molecule has 1 aromatic heterocycles. The minimum atomic E-state index is 0.923. The van der Waals surface area contributed by atoms with Crippen LogP contribution >= 0.6 is 0 Å². The number of hydrogen-bond donors (Lipinski definition) is 1. The number of nitrogens with one attached hydrogen (secondary N) is 1. The van der Waals surface area contributed by atoms with Crippen LogP contribution in [0.3, 0.4) is 0 Å². The van der Waals surface area contributed by atoms with E-state index in [0.717, 1.165) is 32.0 Å². The van der Waals surface area contributed by atoms with Gasteiger partial charge in [-0.15, -0.1) is 0 Å². The normalized spacial score (nSPS) is 17.6. The second kappa shape index (κ2) is 7.46. The summed E-state index contributed by atoms with van der Waals surface area (Å²) in [5.41, 5.74) is 1.17. The molecule has 1 N–H and O–H groups in total. The van der Waals surface area contributed by atoms with E-state index in [4.69, 9.17) is 0 Å². The summed E-state index contributed by atoms with van der Waals surface area (Å²) < 4.78 is 0. The highest BCUT2D eigenvalue weighted by atomic mass is 15.3. The first kappa shape index (κ1) is 14.3. The fourth-order valence-corrected chi connectivity index (χ4v) is 2.56. The van der Waals surface area contributed by atoms with E-state index in [2.05, 4.69) is 46.1 Å². The topological polar surface area (TPSA) is 31.4 Å². The zero-order chi connectivity index (χ0) is 13.5. The van der Waals surface area contributed by atoms with Gasteiger partial charge in [0.05, 0.1) is 5.69 Å². The van der Waals surface area contributed by atoms with E-state index in [0.29, 0.717) is 0 Å². The van der Waals surface area contributed by atoms with E-state index in [1.54, 1.807) is 0 Å². The van der Waals surface area contributed by atoms with Crippen LogP contribution in [0.2, 0.25) is 0 Å². The first-order valence-electron chi connectivity index (χ1n) is 7.46. The average molecular weight is 262 g/mol. The van der Waals surface area contributed by atoms with Gasteiger partial charge in [-0.05, 0) is 32.0 Å². The van der Waals surface area contributed by atoms with Crippen molar-refractivity contribution >= 4 is 5.82 Å². The molecule has 0 atom stereocenters. The summed E-state index contributed by atoms with van der Waals surface area (Å²) in [6.07, 6.45) is 1.26. The number of anilines is 1. The number of aromatic nitrogens is 1. The molecule has 1 saturated heterocycles. The van der Waals surface area contributed by atoms with Gasteiger partial charge in [-0.1, -0.05) is 13.0 Å². The molecule has 1 aromatic rings. The van der Waals surface area contributed by atoms with E-state index in [1.807, 2.05) is 6.07 Å². The Morgan fingerprint density at radius 2 is 1.84 bits per heavy atom. The maximum absolute atomic E-state index is 4.65. The lowest BCUT2D eigenvalue weighted by Crippen LogP contribution is -2.46. The smallest absolute Gasteiger partial charge is 0.126 e. The molecule has 2 heterocycles. The molecule has 2 rings (SSSR count). The van der Waals surface area contributed by atoms with E-state index in [9.17, 15) is 0 Å². The van der Waals surface area contributed by atoms with Gasteiger partial charge >= 0.3 is 0 Å². The number of nitrogens with zero attached hydrogens (tertiary/aromatic N) is 3. The third kappa shape index (κ3) is 4.48. The zero-order valence-electron chi connectivity index (χ0n) is 12.2. The van der Waals surface area contributed by atoms with Gasteiger partial charge in [-0.2, -0.15) is 0 Å².